The van der Waals surface area contributed by atoms with Crippen molar-refractivity contribution in [1.82, 2.24) is 4.98 Å². The molecule has 0 saturated carbocycles. The zero-order chi connectivity index (χ0) is 18.8. The van der Waals surface area contributed by atoms with Gasteiger partial charge >= 0.3 is 0 Å². The summed E-state index contributed by atoms with van der Waals surface area (Å²) in [4.78, 5) is 17.9. The highest BCUT2D eigenvalue weighted by Crippen LogP contribution is 2.30. The lowest BCUT2D eigenvalue weighted by Crippen LogP contribution is -2.15. The molecule has 1 amide bonds. The van der Waals surface area contributed by atoms with Crippen LogP contribution in [-0.4, -0.2) is 10.9 Å². The molecule has 3 nitrogen and oxygen atoms in total. The van der Waals surface area contributed by atoms with E-state index < -0.39 is 0 Å². The van der Waals surface area contributed by atoms with Gasteiger partial charge in [-0.2, -0.15) is 0 Å². The van der Waals surface area contributed by atoms with E-state index in [9.17, 15) is 9.18 Å². The average Bonchev–Trinajstić information content (AvgIpc) is 2.70. The number of hydrogen-bond donors (Lipinski definition) is 1. The van der Waals surface area contributed by atoms with E-state index in [0.29, 0.717) is 11.3 Å². The molecule has 0 aliphatic rings. The lowest BCUT2D eigenvalue weighted by molar-refractivity contribution is 0.102. The minimum atomic E-state index is -0.343. The van der Waals surface area contributed by atoms with Crippen LogP contribution in [0, 0.1) is 12.7 Å². The van der Waals surface area contributed by atoms with Crippen molar-refractivity contribution in [3.8, 4) is 11.3 Å². The largest absolute Gasteiger partial charge is 0.322 e. The molecule has 0 aliphatic carbocycles. The van der Waals surface area contributed by atoms with Crippen molar-refractivity contribution in [3.05, 3.63) is 95.8 Å². The molecule has 132 valence electrons. The Labute approximate surface area is 156 Å². The van der Waals surface area contributed by atoms with Crippen molar-refractivity contribution >= 4 is 22.5 Å². The summed E-state index contributed by atoms with van der Waals surface area (Å²) in [5.74, 6) is -0.584. The second-order valence-electron chi connectivity index (χ2n) is 6.30. The number of rotatable bonds is 3. The molecule has 0 unspecified atom stereocenters. The number of carbonyl (C=O) groups is 1. The predicted octanol–water partition coefficient (Wildman–Crippen LogP) is 5.60. The number of carbonyl (C=O) groups excluding carboxylic acids is 1. The van der Waals surface area contributed by atoms with Crippen LogP contribution < -0.4 is 5.32 Å². The number of halogens is 1. The maximum Gasteiger partial charge on any atom is 0.256 e. The second kappa shape index (κ2) is 7.00. The van der Waals surface area contributed by atoms with Crippen LogP contribution in [0.4, 0.5) is 10.1 Å². The molecule has 4 aromatic rings. The lowest BCUT2D eigenvalue weighted by atomic mass is 9.97. The molecule has 4 heteroatoms. The Balaban J connectivity index is 1.86. The Kier molecular flexibility index (Phi) is 4.38. The minimum Gasteiger partial charge on any atom is -0.322 e. The zero-order valence-corrected chi connectivity index (χ0v) is 14.7. The third-order valence-electron chi connectivity index (χ3n) is 4.51. The fraction of sp³-hybridized carbons (Fsp3) is 0.0435. The van der Waals surface area contributed by atoms with Crippen molar-refractivity contribution in [2.75, 3.05) is 5.32 Å². The van der Waals surface area contributed by atoms with E-state index in [1.807, 2.05) is 61.5 Å². The smallest absolute Gasteiger partial charge is 0.256 e. The molecule has 0 bridgehead atoms. The first-order valence-electron chi connectivity index (χ1n) is 8.65. The summed E-state index contributed by atoms with van der Waals surface area (Å²) < 4.78 is 13.1. The van der Waals surface area contributed by atoms with Gasteiger partial charge in [0, 0.05) is 16.6 Å². The van der Waals surface area contributed by atoms with Crippen LogP contribution in [0.5, 0.6) is 0 Å². The highest BCUT2D eigenvalue weighted by molar-refractivity contribution is 6.14. The van der Waals surface area contributed by atoms with Crippen LogP contribution >= 0.6 is 0 Å². The Hall–Kier alpha value is -3.53. The van der Waals surface area contributed by atoms with Crippen LogP contribution in [0.2, 0.25) is 0 Å². The molecule has 1 heterocycles. The Morgan fingerprint density at radius 2 is 1.56 bits per heavy atom. The molecule has 0 atom stereocenters. The summed E-state index contributed by atoms with van der Waals surface area (Å²) in [7, 11) is 0. The number of aromatic nitrogens is 1. The summed E-state index contributed by atoms with van der Waals surface area (Å²) >= 11 is 0. The van der Waals surface area contributed by atoms with E-state index in [2.05, 4.69) is 5.32 Å². The van der Waals surface area contributed by atoms with Gasteiger partial charge in [-0.1, -0.05) is 48.5 Å². The van der Waals surface area contributed by atoms with Crippen molar-refractivity contribution < 1.29 is 9.18 Å². The summed E-state index contributed by atoms with van der Waals surface area (Å²) in [6, 6.07) is 23.1. The lowest BCUT2D eigenvalue weighted by Gasteiger charge is -2.15. The number of hydrogen-bond acceptors (Lipinski definition) is 2. The second-order valence-corrected chi connectivity index (χ2v) is 6.30. The third kappa shape index (κ3) is 3.29. The van der Waals surface area contributed by atoms with Gasteiger partial charge in [0.25, 0.3) is 5.91 Å². The molecule has 4 rings (SSSR count). The minimum absolute atomic E-state index is 0.241. The molecule has 0 saturated heterocycles. The van der Waals surface area contributed by atoms with Gasteiger partial charge < -0.3 is 5.32 Å². The quantitative estimate of drug-likeness (QED) is 0.519. The SMILES string of the molecule is Cc1c(-c2ccccc2)nc2ccccc2c1C(=O)Nc1ccc(F)cc1. The van der Waals surface area contributed by atoms with Gasteiger partial charge in [0.05, 0.1) is 16.8 Å². The maximum absolute atomic E-state index is 13.1. The number of nitrogens with zero attached hydrogens (tertiary/aromatic N) is 1. The number of benzene rings is 3. The first-order valence-corrected chi connectivity index (χ1v) is 8.65. The van der Waals surface area contributed by atoms with E-state index in [4.69, 9.17) is 4.98 Å². The van der Waals surface area contributed by atoms with Gasteiger partial charge in [0.1, 0.15) is 5.82 Å². The van der Waals surface area contributed by atoms with Crippen molar-refractivity contribution in [2.45, 2.75) is 6.92 Å². The summed E-state index contributed by atoms with van der Waals surface area (Å²) in [6.07, 6.45) is 0. The average molecular weight is 356 g/mol. The van der Waals surface area contributed by atoms with Gasteiger partial charge in [0.2, 0.25) is 0 Å². The fourth-order valence-corrected chi connectivity index (χ4v) is 3.20. The molecule has 27 heavy (non-hydrogen) atoms. The molecular weight excluding hydrogens is 339 g/mol. The van der Waals surface area contributed by atoms with Crippen LogP contribution in [0.25, 0.3) is 22.2 Å². The Morgan fingerprint density at radius 1 is 0.889 bits per heavy atom. The topological polar surface area (TPSA) is 42.0 Å². The first kappa shape index (κ1) is 16.9. The third-order valence-corrected chi connectivity index (χ3v) is 4.51. The molecule has 0 fully saturated rings. The number of nitrogens with one attached hydrogen (secondary N) is 1. The van der Waals surface area contributed by atoms with Gasteiger partial charge in [-0.05, 0) is 42.8 Å². The number of para-hydroxylation sites is 1. The van der Waals surface area contributed by atoms with Crippen molar-refractivity contribution in [2.24, 2.45) is 0 Å². The molecule has 0 aliphatic heterocycles. The monoisotopic (exact) mass is 356 g/mol. The van der Waals surface area contributed by atoms with Gasteiger partial charge in [-0.15, -0.1) is 0 Å². The number of pyridine rings is 1. The van der Waals surface area contributed by atoms with Crippen LogP contribution in [0.3, 0.4) is 0 Å². The Bertz CT molecular complexity index is 1120. The number of anilines is 1. The molecule has 0 spiro atoms. The normalized spacial score (nSPS) is 10.7. The molecule has 1 N–H and O–H groups in total. The van der Waals surface area contributed by atoms with Crippen LogP contribution in [0.15, 0.2) is 78.9 Å². The fourth-order valence-electron chi connectivity index (χ4n) is 3.20. The summed E-state index contributed by atoms with van der Waals surface area (Å²) in [6.45, 7) is 1.90. The van der Waals surface area contributed by atoms with Crippen molar-refractivity contribution in [1.29, 1.82) is 0 Å². The van der Waals surface area contributed by atoms with Gasteiger partial charge in [-0.3, -0.25) is 4.79 Å². The van der Waals surface area contributed by atoms with E-state index in [-0.39, 0.29) is 11.7 Å². The zero-order valence-electron chi connectivity index (χ0n) is 14.7. The molecular formula is C23H17FN2O. The van der Waals surface area contributed by atoms with Crippen LogP contribution in [-0.2, 0) is 0 Å². The highest BCUT2D eigenvalue weighted by Gasteiger charge is 2.19. The van der Waals surface area contributed by atoms with Gasteiger partial charge in [-0.25, -0.2) is 9.37 Å². The molecule has 0 radical (unpaired) electrons. The van der Waals surface area contributed by atoms with E-state index in [0.717, 1.165) is 27.7 Å². The summed E-state index contributed by atoms with van der Waals surface area (Å²) in [5.41, 5.74) is 4.41. The number of fused-ring (bicyclic) bond motifs is 1. The van der Waals surface area contributed by atoms with Crippen LogP contribution in [0.1, 0.15) is 15.9 Å². The maximum atomic E-state index is 13.1. The Morgan fingerprint density at radius 3 is 2.30 bits per heavy atom. The van der Waals surface area contributed by atoms with E-state index in [1.54, 1.807) is 12.1 Å². The number of amides is 1. The van der Waals surface area contributed by atoms with E-state index >= 15 is 0 Å². The van der Waals surface area contributed by atoms with Gasteiger partial charge in [0.15, 0.2) is 0 Å². The standard InChI is InChI=1S/C23H17FN2O/c1-15-21(23(27)25-18-13-11-17(24)12-14-18)19-9-5-6-10-20(19)26-22(15)16-7-3-2-4-8-16/h2-14H,1H3,(H,25,27). The highest BCUT2D eigenvalue weighted by atomic mass is 19.1. The summed E-state index contributed by atoms with van der Waals surface area (Å²) in [5, 5.41) is 3.65. The molecule has 1 aromatic heterocycles. The van der Waals surface area contributed by atoms with E-state index in [1.165, 1.54) is 12.1 Å². The first-order chi connectivity index (χ1) is 13.1. The molecule has 3 aromatic carbocycles. The predicted molar refractivity (Wildman–Crippen MR) is 106 cm³/mol. The van der Waals surface area contributed by atoms with Crippen molar-refractivity contribution in [3.63, 3.8) is 0 Å².